The van der Waals surface area contributed by atoms with Crippen LogP contribution in [0.5, 0.6) is 0 Å². The molecule has 1 fully saturated rings. The van der Waals surface area contributed by atoms with E-state index in [-0.39, 0.29) is 24.5 Å². The lowest BCUT2D eigenvalue weighted by atomic mass is 10.1. The number of carbonyl (C=O) groups excluding carboxylic acids is 3. The van der Waals surface area contributed by atoms with Gasteiger partial charge in [0.1, 0.15) is 23.0 Å². The van der Waals surface area contributed by atoms with Gasteiger partial charge in [0.15, 0.2) is 12.2 Å². The number of nitrogens with one attached hydrogen (secondary N) is 1. The van der Waals surface area contributed by atoms with Crippen LogP contribution < -0.4 is 5.32 Å². The van der Waals surface area contributed by atoms with Crippen molar-refractivity contribution in [3.05, 3.63) is 59.2 Å². The number of aliphatic imine (C=N–C) groups is 1. The molecule has 0 spiro atoms. The van der Waals surface area contributed by atoms with E-state index >= 15 is 0 Å². The number of aryl methyl sites for hydroxylation is 2. The van der Waals surface area contributed by atoms with Crippen molar-refractivity contribution >= 4 is 30.0 Å². The summed E-state index contributed by atoms with van der Waals surface area (Å²) in [7, 11) is 1.52. The standard InChI is InChI=1S/C25H23F3N8O4/c1-13-7-15(9-29-21(13)25(26,27)28)17-5-4-6-18(31-17)32-19(37)11-35-12-30-22-20(35)23(38)36(24(39)34(22)3)10-16-8-14(2)40-33-16/h4-9,12,20,22H,10-11H2,1-3H3,(H,31,32,37). The van der Waals surface area contributed by atoms with Crippen LogP contribution in [0.4, 0.5) is 23.8 Å². The molecule has 2 atom stereocenters. The predicted molar refractivity (Wildman–Crippen MR) is 134 cm³/mol. The number of urea groups is 1. The number of anilines is 1. The van der Waals surface area contributed by atoms with Gasteiger partial charge in [-0.15, -0.1) is 0 Å². The molecule has 1 saturated heterocycles. The molecule has 0 radical (unpaired) electrons. The second-order valence-electron chi connectivity index (χ2n) is 9.39. The molecule has 0 saturated carbocycles. The molecule has 3 aromatic rings. The first-order valence-electron chi connectivity index (χ1n) is 12.0. The minimum Gasteiger partial charge on any atom is -0.361 e. The highest BCUT2D eigenvalue weighted by Crippen LogP contribution is 2.32. The largest absolute Gasteiger partial charge is 0.433 e. The van der Waals surface area contributed by atoms with Crippen molar-refractivity contribution in [1.29, 1.82) is 0 Å². The van der Waals surface area contributed by atoms with Crippen molar-refractivity contribution in [3.8, 4) is 11.3 Å². The zero-order valence-electron chi connectivity index (χ0n) is 21.5. The number of alkyl halides is 3. The molecule has 5 rings (SSSR count). The van der Waals surface area contributed by atoms with Crippen LogP contribution in [0.2, 0.25) is 0 Å². The Kier molecular flexibility index (Phi) is 6.73. The summed E-state index contributed by atoms with van der Waals surface area (Å²) in [6.45, 7) is 2.62. The summed E-state index contributed by atoms with van der Waals surface area (Å²) in [5.74, 6) is -0.380. The van der Waals surface area contributed by atoms with Gasteiger partial charge in [-0.05, 0) is 37.6 Å². The number of pyridine rings is 2. The molecule has 0 aromatic carbocycles. The molecule has 2 aliphatic heterocycles. The summed E-state index contributed by atoms with van der Waals surface area (Å²) in [6.07, 6.45) is -2.96. The molecule has 5 heterocycles. The van der Waals surface area contributed by atoms with Gasteiger partial charge in [-0.3, -0.25) is 19.5 Å². The minimum atomic E-state index is -4.57. The van der Waals surface area contributed by atoms with Crippen LogP contribution in [0, 0.1) is 13.8 Å². The molecular weight excluding hydrogens is 533 g/mol. The highest BCUT2D eigenvalue weighted by atomic mass is 19.4. The van der Waals surface area contributed by atoms with Crippen molar-refractivity contribution in [2.24, 2.45) is 4.99 Å². The van der Waals surface area contributed by atoms with E-state index in [1.54, 1.807) is 25.1 Å². The first kappa shape index (κ1) is 26.8. The zero-order valence-corrected chi connectivity index (χ0v) is 21.5. The summed E-state index contributed by atoms with van der Waals surface area (Å²) in [4.78, 5) is 54.9. The summed E-state index contributed by atoms with van der Waals surface area (Å²) < 4.78 is 44.2. The van der Waals surface area contributed by atoms with Crippen LogP contribution in [0.3, 0.4) is 0 Å². The summed E-state index contributed by atoms with van der Waals surface area (Å²) in [5.41, 5.74) is 0.0203. The van der Waals surface area contributed by atoms with E-state index in [0.717, 1.165) is 11.1 Å². The van der Waals surface area contributed by atoms with Gasteiger partial charge in [0.2, 0.25) is 5.91 Å². The van der Waals surface area contributed by atoms with Crippen LogP contribution in [0.25, 0.3) is 11.3 Å². The van der Waals surface area contributed by atoms with Crippen molar-refractivity contribution in [3.63, 3.8) is 0 Å². The third-order valence-corrected chi connectivity index (χ3v) is 6.44. The normalized spacial score (nSPS) is 18.9. The molecule has 2 unspecified atom stereocenters. The second-order valence-corrected chi connectivity index (χ2v) is 9.39. The van der Waals surface area contributed by atoms with Crippen LogP contribution >= 0.6 is 0 Å². The molecule has 0 aliphatic carbocycles. The molecule has 0 bridgehead atoms. The number of halogens is 3. The third kappa shape index (κ3) is 5.09. The fraction of sp³-hybridized carbons (Fsp3) is 0.320. The lowest BCUT2D eigenvalue weighted by Crippen LogP contribution is -2.64. The van der Waals surface area contributed by atoms with E-state index in [2.05, 4.69) is 25.4 Å². The molecule has 208 valence electrons. The molecule has 3 aromatic heterocycles. The molecule has 15 heteroatoms. The van der Waals surface area contributed by atoms with Gasteiger partial charge in [0.25, 0.3) is 5.91 Å². The van der Waals surface area contributed by atoms with E-state index in [1.807, 2.05) is 0 Å². The van der Waals surface area contributed by atoms with E-state index < -0.39 is 41.9 Å². The number of nitrogens with zero attached hydrogens (tertiary/aromatic N) is 7. The third-order valence-electron chi connectivity index (χ3n) is 6.44. The Labute approximate surface area is 225 Å². The number of amides is 4. The number of hydrogen-bond donors (Lipinski definition) is 1. The lowest BCUT2D eigenvalue weighted by molar-refractivity contribution is -0.141. The van der Waals surface area contributed by atoms with Crippen molar-refractivity contribution < 1.29 is 32.1 Å². The first-order valence-corrected chi connectivity index (χ1v) is 12.0. The SMILES string of the molecule is Cc1cc(CN2C(=O)C3C(N=CN3CC(=O)Nc3cccc(-c4cnc(C(F)(F)F)c(C)c4)n3)N(C)C2=O)no1. The Morgan fingerprint density at radius 1 is 1.18 bits per heavy atom. The summed E-state index contributed by atoms with van der Waals surface area (Å²) in [5, 5.41) is 6.47. The van der Waals surface area contributed by atoms with E-state index in [9.17, 15) is 27.6 Å². The van der Waals surface area contributed by atoms with Gasteiger partial charge in [-0.2, -0.15) is 13.2 Å². The predicted octanol–water partition coefficient (Wildman–Crippen LogP) is 2.84. The highest BCUT2D eigenvalue weighted by Gasteiger charge is 2.50. The second kappa shape index (κ2) is 10.1. The maximum atomic E-state index is 13.3. The number of imide groups is 1. The van der Waals surface area contributed by atoms with Gasteiger partial charge >= 0.3 is 12.2 Å². The van der Waals surface area contributed by atoms with Crippen LogP contribution in [-0.2, 0) is 22.3 Å². The van der Waals surface area contributed by atoms with Crippen LogP contribution in [0.1, 0.15) is 22.7 Å². The Hall–Kier alpha value is -4.82. The Balaban J connectivity index is 1.28. The summed E-state index contributed by atoms with van der Waals surface area (Å²) in [6, 6.07) is 6.15. The maximum absolute atomic E-state index is 13.3. The van der Waals surface area contributed by atoms with E-state index in [0.29, 0.717) is 22.7 Å². The zero-order chi connectivity index (χ0) is 28.8. The monoisotopic (exact) mass is 556 g/mol. The topological polar surface area (TPSA) is 137 Å². The fourth-order valence-corrected chi connectivity index (χ4v) is 4.58. The Morgan fingerprint density at radius 3 is 2.62 bits per heavy atom. The van der Waals surface area contributed by atoms with Crippen LogP contribution in [-0.4, -0.2) is 79.8 Å². The van der Waals surface area contributed by atoms with Gasteiger partial charge in [-0.1, -0.05) is 11.2 Å². The molecule has 40 heavy (non-hydrogen) atoms. The van der Waals surface area contributed by atoms with Gasteiger partial charge < -0.3 is 19.6 Å². The molecule has 12 nitrogen and oxygen atoms in total. The van der Waals surface area contributed by atoms with Crippen molar-refractivity contribution in [2.75, 3.05) is 18.9 Å². The fourth-order valence-electron chi connectivity index (χ4n) is 4.58. The van der Waals surface area contributed by atoms with E-state index in [1.165, 1.54) is 42.2 Å². The molecule has 1 N–H and O–H groups in total. The number of carbonyl (C=O) groups is 3. The number of aromatic nitrogens is 3. The summed E-state index contributed by atoms with van der Waals surface area (Å²) >= 11 is 0. The minimum absolute atomic E-state index is 0.0579. The average molecular weight is 557 g/mol. The van der Waals surface area contributed by atoms with Crippen molar-refractivity contribution in [1.82, 2.24) is 29.8 Å². The average Bonchev–Trinajstić information content (AvgIpc) is 3.50. The van der Waals surface area contributed by atoms with Crippen LogP contribution in [0.15, 0.2) is 46.0 Å². The van der Waals surface area contributed by atoms with E-state index in [4.69, 9.17) is 4.52 Å². The van der Waals surface area contributed by atoms with Crippen molar-refractivity contribution in [2.45, 2.75) is 38.8 Å². The quantitative estimate of drug-likeness (QED) is 0.490. The number of hydrogen-bond acceptors (Lipinski definition) is 9. The first-order chi connectivity index (χ1) is 18.9. The highest BCUT2D eigenvalue weighted by molar-refractivity contribution is 6.03. The molecular formula is C25H23F3N8O4. The maximum Gasteiger partial charge on any atom is 0.433 e. The van der Waals surface area contributed by atoms with Gasteiger partial charge in [0, 0.05) is 24.9 Å². The number of likely N-dealkylation sites (N-methyl/N-ethyl adjacent to an activating group) is 1. The van der Waals surface area contributed by atoms with Gasteiger partial charge in [-0.25, -0.2) is 14.8 Å². The van der Waals surface area contributed by atoms with Gasteiger partial charge in [0.05, 0.1) is 25.1 Å². The molecule has 2 aliphatic rings. The number of rotatable bonds is 6. The lowest BCUT2D eigenvalue weighted by Gasteiger charge is -2.40. The Morgan fingerprint density at radius 2 is 1.95 bits per heavy atom. The smallest absolute Gasteiger partial charge is 0.361 e. The number of fused-ring (bicyclic) bond motifs is 1. The molecule has 4 amide bonds. The Bertz CT molecular complexity index is 1520.